The quantitative estimate of drug-likeness (QED) is 0.889. The Labute approximate surface area is 139 Å². The normalized spacial score (nSPS) is 20.4. The molecule has 2 atom stereocenters. The average molecular weight is 333 g/mol. The van der Waals surface area contributed by atoms with Crippen LogP contribution in [-0.4, -0.2) is 46.4 Å². The maximum Gasteiger partial charge on any atom is 0.318 e. The number of carbonyl (C=O) groups is 1. The Morgan fingerprint density at radius 3 is 2.92 bits per heavy atom. The van der Waals surface area contributed by atoms with Crippen molar-refractivity contribution < 1.29 is 13.6 Å². The molecule has 2 aromatic rings. The van der Waals surface area contributed by atoms with Crippen molar-refractivity contribution in [2.45, 2.75) is 38.9 Å². The molecular formula is C16H20FN5O2. The van der Waals surface area contributed by atoms with Crippen molar-refractivity contribution in [1.82, 2.24) is 20.5 Å². The van der Waals surface area contributed by atoms with Crippen LogP contribution in [-0.2, 0) is 11.2 Å². The van der Waals surface area contributed by atoms with E-state index in [0.29, 0.717) is 24.9 Å². The first-order chi connectivity index (χ1) is 11.5. The third-order valence-corrected chi connectivity index (χ3v) is 4.00. The van der Waals surface area contributed by atoms with Gasteiger partial charge in [0.2, 0.25) is 11.8 Å². The summed E-state index contributed by atoms with van der Waals surface area (Å²) in [6, 6.07) is 3.85. The lowest BCUT2D eigenvalue weighted by Gasteiger charge is -2.22. The molecule has 2 aromatic heterocycles. The molecule has 1 fully saturated rings. The molecule has 8 heteroatoms. The summed E-state index contributed by atoms with van der Waals surface area (Å²) in [5.41, 5.74) is 1.75. The van der Waals surface area contributed by atoms with Crippen LogP contribution < -0.4 is 10.2 Å². The number of pyridine rings is 1. The maximum atomic E-state index is 13.8. The molecule has 0 saturated carbocycles. The highest BCUT2D eigenvalue weighted by Gasteiger charge is 2.35. The van der Waals surface area contributed by atoms with Crippen LogP contribution in [0.2, 0.25) is 0 Å². The Morgan fingerprint density at radius 1 is 1.42 bits per heavy atom. The van der Waals surface area contributed by atoms with Crippen LogP contribution in [0.4, 0.5) is 10.4 Å². The van der Waals surface area contributed by atoms with Crippen LogP contribution in [0.25, 0.3) is 0 Å². The van der Waals surface area contributed by atoms with E-state index in [2.05, 4.69) is 20.5 Å². The highest BCUT2D eigenvalue weighted by atomic mass is 19.1. The lowest BCUT2D eigenvalue weighted by molar-refractivity contribution is -0.120. The van der Waals surface area contributed by atoms with Crippen molar-refractivity contribution in [3.63, 3.8) is 0 Å². The lowest BCUT2D eigenvalue weighted by Crippen LogP contribution is -2.40. The minimum Gasteiger partial charge on any atom is -0.408 e. The van der Waals surface area contributed by atoms with Crippen LogP contribution in [0.5, 0.6) is 0 Å². The summed E-state index contributed by atoms with van der Waals surface area (Å²) in [5, 5.41) is 10.6. The average Bonchev–Trinajstić information content (AvgIpc) is 3.13. The first kappa shape index (κ1) is 16.4. The number of halogens is 1. The largest absolute Gasteiger partial charge is 0.408 e. The van der Waals surface area contributed by atoms with Gasteiger partial charge in [-0.05, 0) is 18.6 Å². The maximum absolute atomic E-state index is 13.8. The molecule has 0 aliphatic carbocycles. The Kier molecular flexibility index (Phi) is 4.73. The molecule has 1 saturated heterocycles. The first-order valence-electron chi connectivity index (χ1n) is 7.90. The molecule has 0 aromatic carbocycles. The fourth-order valence-electron chi connectivity index (χ4n) is 2.77. The smallest absolute Gasteiger partial charge is 0.318 e. The Balaban J connectivity index is 1.56. The predicted molar refractivity (Wildman–Crippen MR) is 85.4 cm³/mol. The van der Waals surface area contributed by atoms with Gasteiger partial charge < -0.3 is 14.6 Å². The van der Waals surface area contributed by atoms with Gasteiger partial charge in [0.1, 0.15) is 6.17 Å². The molecule has 0 unspecified atom stereocenters. The highest BCUT2D eigenvalue weighted by Crippen LogP contribution is 2.25. The predicted octanol–water partition coefficient (Wildman–Crippen LogP) is 1.36. The fraction of sp³-hybridized carbons (Fsp3) is 0.500. The SMILES string of the molecule is Cc1ccc(CC(=O)NC[C@@H]2C[C@H](F)CN2c2nnc(C)o2)cn1. The summed E-state index contributed by atoms with van der Waals surface area (Å²) in [5.74, 6) is 0.312. The van der Waals surface area contributed by atoms with E-state index in [1.807, 2.05) is 19.1 Å². The van der Waals surface area contributed by atoms with Crippen molar-refractivity contribution in [2.24, 2.45) is 0 Å². The molecule has 0 radical (unpaired) electrons. The summed E-state index contributed by atoms with van der Waals surface area (Å²) in [7, 11) is 0. The molecule has 7 nitrogen and oxygen atoms in total. The van der Waals surface area contributed by atoms with Crippen molar-refractivity contribution in [3.05, 3.63) is 35.5 Å². The van der Waals surface area contributed by atoms with Crippen LogP contribution in [0.15, 0.2) is 22.7 Å². The summed E-state index contributed by atoms with van der Waals surface area (Å²) < 4.78 is 19.1. The van der Waals surface area contributed by atoms with Crippen LogP contribution >= 0.6 is 0 Å². The summed E-state index contributed by atoms with van der Waals surface area (Å²) in [4.78, 5) is 18.0. The number of anilines is 1. The van der Waals surface area contributed by atoms with Gasteiger partial charge in [0.15, 0.2) is 0 Å². The van der Waals surface area contributed by atoms with E-state index < -0.39 is 6.17 Å². The molecule has 1 aliphatic heterocycles. The molecule has 3 rings (SSSR count). The first-order valence-corrected chi connectivity index (χ1v) is 7.90. The molecular weight excluding hydrogens is 313 g/mol. The number of nitrogens with zero attached hydrogens (tertiary/aromatic N) is 4. The number of nitrogens with one attached hydrogen (secondary N) is 1. The summed E-state index contributed by atoms with van der Waals surface area (Å²) in [6.07, 6.45) is 1.29. The van der Waals surface area contributed by atoms with Gasteiger partial charge in [-0.3, -0.25) is 9.78 Å². The second-order valence-electron chi connectivity index (χ2n) is 6.03. The molecule has 1 amide bonds. The molecule has 128 valence electrons. The zero-order valence-corrected chi connectivity index (χ0v) is 13.7. The van der Waals surface area contributed by atoms with Gasteiger partial charge >= 0.3 is 6.01 Å². The molecule has 1 N–H and O–H groups in total. The van der Waals surface area contributed by atoms with Gasteiger partial charge in [-0.1, -0.05) is 11.2 Å². The van der Waals surface area contributed by atoms with Crippen LogP contribution in [0.3, 0.4) is 0 Å². The fourth-order valence-corrected chi connectivity index (χ4v) is 2.77. The van der Waals surface area contributed by atoms with E-state index in [0.717, 1.165) is 11.3 Å². The minimum absolute atomic E-state index is 0.121. The standard InChI is InChI=1S/C16H20FN5O2/c1-10-3-4-12(7-18-10)5-15(23)19-8-14-6-13(17)9-22(14)16-21-20-11(2)24-16/h3-4,7,13-14H,5-6,8-9H2,1-2H3,(H,19,23)/t13-,14-/m0/s1. The number of alkyl halides is 1. The number of rotatable bonds is 5. The molecule has 0 bridgehead atoms. The molecule has 24 heavy (non-hydrogen) atoms. The number of carbonyl (C=O) groups excluding carboxylic acids is 1. The Hall–Kier alpha value is -2.51. The second kappa shape index (κ2) is 6.94. The number of aryl methyl sites for hydroxylation is 2. The monoisotopic (exact) mass is 333 g/mol. The van der Waals surface area contributed by atoms with Crippen molar-refractivity contribution in [2.75, 3.05) is 18.0 Å². The zero-order chi connectivity index (χ0) is 17.1. The third kappa shape index (κ3) is 3.87. The number of hydrogen-bond acceptors (Lipinski definition) is 6. The highest BCUT2D eigenvalue weighted by molar-refractivity contribution is 5.78. The van der Waals surface area contributed by atoms with Crippen LogP contribution in [0, 0.1) is 13.8 Å². The van der Waals surface area contributed by atoms with E-state index in [4.69, 9.17) is 4.42 Å². The Morgan fingerprint density at radius 2 is 2.25 bits per heavy atom. The third-order valence-electron chi connectivity index (χ3n) is 4.00. The van der Waals surface area contributed by atoms with Crippen molar-refractivity contribution in [3.8, 4) is 0 Å². The zero-order valence-electron chi connectivity index (χ0n) is 13.7. The van der Waals surface area contributed by atoms with Crippen molar-refractivity contribution >= 4 is 11.9 Å². The van der Waals surface area contributed by atoms with E-state index in [1.165, 1.54) is 0 Å². The van der Waals surface area contributed by atoms with Gasteiger partial charge in [-0.15, -0.1) is 5.10 Å². The van der Waals surface area contributed by atoms with Crippen LogP contribution in [0.1, 0.15) is 23.6 Å². The van der Waals surface area contributed by atoms with Gasteiger partial charge in [-0.2, -0.15) is 0 Å². The van der Waals surface area contributed by atoms with Gasteiger partial charge in [-0.25, -0.2) is 4.39 Å². The molecule has 3 heterocycles. The molecule has 0 spiro atoms. The minimum atomic E-state index is -0.972. The number of amides is 1. The summed E-state index contributed by atoms with van der Waals surface area (Å²) in [6.45, 7) is 4.11. The van der Waals surface area contributed by atoms with E-state index >= 15 is 0 Å². The topological polar surface area (TPSA) is 84.2 Å². The van der Waals surface area contributed by atoms with Crippen molar-refractivity contribution in [1.29, 1.82) is 0 Å². The van der Waals surface area contributed by atoms with Gasteiger partial charge in [0.25, 0.3) is 0 Å². The lowest BCUT2D eigenvalue weighted by atomic mass is 10.1. The number of aromatic nitrogens is 3. The summed E-state index contributed by atoms with van der Waals surface area (Å²) >= 11 is 0. The van der Waals surface area contributed by atoms with Gasteiger partial charge in [0, 0.05) is 31.8 Å². The molecule has 1 aliphatic rings. The number of hydrogen-bond donors (Lipinski definition) is 1. The Bertz CT molecular complexity index is 703. The van der Waals surface area contributed by atoms with E-state index in [-0.39, 0.29) is 24.9 Å². The second-order valence-corrected chi connectivity index (χ2v) is 6.03. The van der Waals surface area contributed by atoms with E-state index in [9.17, 15) is 9.18 Å². The van der Waals surface area contributed by atoms with Gasteiger partial charge in [0.05, 0.1) is 19.0 Å². The van der Waals surface area contributed by atoms with E-state index in [1.54, 1.807) is 18.0 Å².